The Balaban J connectivity index is 1.37. The molecule has 2 amide bonds. The van der Waals surface area contributed by atoms with Gasteiger partial charge in [0.15, 0.2) is 35.3 Å². The number of halogens is 1. The van der Waals surface area contributed by atoms with Crippen LogP contribution in [0.2, 0.25) is 4.34 Å². The first kappa shape index (κ1) is 35.5. The molecule has 0 bridgehead atoms. The zero-order valence-corrected chi connectivity index (χ0v) is 29.0. The molecule has 18 nitrogen and oxygen atoms in total. The van der Waals surface area contributed by atoms with E-state index in [4.69, 9.17) is 27.3 Å². The Morgan fingerprint density at radius 2 is 2.12 bits per heavy atom. The zero-order chi connectivity index (χ0) is 35.6. The molecule has 0 radical (unpaired) electrons. The van der Waals surface area contributed by atoms with E-state index in [-0.39, 0.29) is 33.2 Å². The molecule has 2 unspecified atom stereocenters. The molecule has 5 heterocycles. The number of nitrogens with zero attached hydrogens (tertiary/aromatic N) is 8. The number of aliphatic imine (C=N–C) groups is 1. The average Bonchev–Trinajstić information content (AvgIpc) is 3.57. The molecule has 21 heteroatoms. The highest BCUT2D eigenvalue weighted by atomic mass is 35.5. The third kappa shape index (κ3) is 7.46. The molecule has 5 rings (SSSR count). The number of oxime groups is 1. The first-order valence-electron chi connectivity index (χ1n) is 14.6. The number of carbonyl (C=O) groups is 4. The second-order valence-electron chi connectivity index (χ2n) is 11.1. The summed E-state index contributed by atoms with van der Waals surface area (Å²) < 4.78 is 3.73. The number of anilines is 1. The summed E-state index contributed by atoms with van der Waals surface area (Å²) in [6, 6.07) is 0.713. The van der Waals surface area contributed by atoms with Crippen LogP contribution in [0.4, 0.5) is 11.1 Å². The van der Waals surface area contributed by atoms with Crippen molar-refractivity contribution in [3.8, 4) is 0 Å². The van der Waals surface area contributed by atoms with Crippen molar-refractivity contribution in [2.75, 3.05) is 39.2 Å². The number of carboxylic acids is 2. The number of pyridine rings is 1. The fourth-order valence-corrected chi connectivity index (χ4v) is 7.24. The Hall–Kier alpha value is -4.79. The number of imidazole rings is 1. The quantitative estimate of drug-likeness (QED) is 0.0499. The number of aliphatic carboxylic acids is 2. The molecular weight excluding hydrogens is 702 g/mol. The van der Waals surface area contributed by atoms with E-state index in [2.05, 4.69) is 30.7 Å². The molecule has 3 aromatic rings. The number of carboxylic acid groups (broad SMARTS) is 2. The number of hydrogen-bond donors (Lipinski definition) is 4. The summed E-state index contributed by atoms with van der Waals surface area (Å²) in [7, 11) is 5.56. The number of nitrogens with one attached hydrogen (secondary N) is 2. The number of thioether (sulfide) groups is 1. The van der Waals surface area contributed by atoms with Crippen molar-refractivity contribution in [3.05, 3.63) is 39.8 Å². The van der Waals surface area contributed by atoms with Gasteiger partial charge in [-0.25, -0.2) is 19.8 Å². The van der Waals surface area contributed by atoms with Crippen molar-refractivity contribution < 1.29 is 38.8 Å². The fraction of sp³-hybridized carbons (Fsp3) is 0.393. The van der Waals surface area contributed by atoms with Gasteiger partial charge in [-0.2, -0.15) is 4.57 Å². The minimum atomic E-state index is -1.54. The Morgan fingerprint density at radius 3 is 2.76 bits per heavy atom. The average molecular weight is 734 g/mol. The van der Waals surface area contributed by atoms with Crippen LogP contribution in [-0.4, -0.2) is 116 Å². The van der Waals surface area contributed by atoms with E-state index in [1.807, 2.05) is 31.8 Å². The van der Waals surface area contributed by atoms with Gasteiger partial charge in [0.1, 0.15) is 21.4 Å². The third-order valence-corrected chi connectivity index (χ3v) is 9.73. The maximum absolute atomic E-state index is 13.4. The van der Waals surface area contributed by atoms with E-state index in [0.717, 1.165) is 21.8 Å². The molecular formula is C28H32ClN11O7S2. The smallest absolute Gasteiger partial charge is 0.347 e. The van der Waals surface area contributed by atoms with E-state index in [1.54, 1.807) is 28.2 Å². The fourth-order valence-electron chi connectivity index (χ4n) is 4.97. The lowest BCUT2D eigenvalue weighted by Crippen LogP contribution is -2.71. The van der Waals surface area contributed by atoms with Crippen LogP contribution in [0.15, 0.2) is 39.9 Å². The van der Waals surface area contributed by atoms with Gasteiger partial charge in [-0.05, 0) is 14.0 Å². The second-order valence-corrected chi connectivity index (χ2v) is 13.8. The van der Waals surface area contributed by atoms with Gasteiger partial charge in [-0.1, -0.05) is 28.1 Å². The molecule has 2 aliphatic heterocycles. The summed E-state index contributed by atoms with van der Waals surface area (Å²) in [6.45, 7) is 2.63. The predicted molar refractivity (Wildman–Crippen MR) is 179 cm³/mol. The number of β-lactam (4-membered cyclic amide) rings is 1. The van der Waals surface area contributed by atoms with Gasteiger partial charge < -0.3 is 45.7 Å². The van der Waals surface area contributed by atoms with Crippen LogP contribution in [0.3, 0.4) is 0 Å². The number of fused-ring (bicyclic) bond motifs is 2. The molecule has 1 fully saturated rings. The van der Waals surface area contributed by atoms with Gasteiger partial charge in [0, 0.05) is 44.6 Å². The van der Waals surface area contributed by atoms with Crippen LogP contribution >= 0.6 is 34.7 Å². The summed E-state index contributed by atoms with van der Waals surface area (Å²) in [5.74, 6) is -3.82. The van der Waals surface area contributed by atoms with Crippen LogP contribution in [-0.2, 0) is 37.1 Å². The van der Waals surface area contributed by atoms with Crippen molar-refractivity contribution in [1.82, 2.24) is 35.0 Å². The van der Waals surface area contributed by atoms with Crippen LogP contribution in [0.25, 0.3) is 11.0 Å². The zero-order valence-electron chi connectivity index (χ0n) is 26.6. The van der Waals surface area contributed by atoms with Gasteiger partial charge in [-0.3, -0.25) is 14.5 Å². The maximum Gasteiger partial charge on any atom is 0.347 e. The number of carbonyl (C=O) groups excluding carboxylic acids is 3. The Morgan fingerprint density at radius 1 is 1.37 bits per heavy atom. The number of thiazole rings is 1. The van der Waals surface area contributed by atoms with E-state index in [1.165, 1.54) is 18.7 Å². The summed E-state index contributed by atoms with van der Waals surface area (Å²) in [5.41, 5.74) is 6.65. The molecule has 5 N–H and O–H groups in total. The normalized spacial score (nSPS) is 18.4. The Bertz CT molecular complexity index is 1910. The maximum atomic E-state index is 13.4. The highest BCUT2D eigenvalue weighted by Crippen LogP contribution is 2.40. The summed E-state index contributed by atoms with van der Waals surface area (Å²) in [6.07, 6.45) is 3.81. The molecule has 49 heavy (non-hydrogen) atoms. The monoisotopic (exact) mass is 733 g/mol. The van der Waals surface area contributed by atoms with Crippen molar-refractivity contribution in [1.29, 1.82) is 0 Å². The van der Waals surface area contributed by atoms with Gasteiger partial charge in [0.25, 0.3) is 11.8 Å². The summed E-state index contributed by atoms with van der Waals surface area (Å²) >= 11 is 8.28. The van der Waals surface area contributed by atoms with Gasteiger partial charge in [-0.15, -0.1) is 11.8 Å². The molecule has 3 atom stereocenters. The number of rotatable bonds is 14. The first-order chi connectivity index (χ1) is 23.3. The molecule has 0 aliphatic carbocycles. The van der Waals surface area contributed by atoms with Gasteiger partial charge in [0.05, 0.1) is 23.5 Å². The molecule has 2 aliphatic rings. The molecule has 3 aromatic heterocycles. The number of nitrogens with two attached hydrogens (primary N) is 1. The highest BCUT2D eigenvalue weighted by molar-refractivity contribution is 8.00. The SMILES string of the molecule is CNCCn1c(N=CN(C)C)nc2c[n+](CC3=C(C(=O)[O-])N4C(=O)C(NC(=O)/C(=N\O[C@@H](C)C(=O)O)c5nc(N)sc5Cl)C4SC3)ccc21. The van der Waals surface area contributed by atoms with Crippen molar-refractivity contribution in [3.63, 3.8) is 0 Å². The van der Waals surface area contributed by atoms with Gasteiger partial charge >= 0.3 is 5.97 Å². The van der Waals surface area contributed by atoms with E-state index in [0.29, 0.717) is 30.1 Å². The lowest BCUT2D eigenvalue weighted by Gasteiger charge is -2.50. The van der Waals surface area contributed by atoms with Crippen molar-refractivity contribution in [2.24, 2.45) is 10.1 Å². The Kier molecular flexibility index (Phi) is 10.7. The number of amides is 2. The molecule has 1 saturated heterocycles. The lowest BCUT2D eigenvalue weighted by molar-refractivity contribution is -0.687. The lowest BCUT2D eigenvalue weighted by atomic mass is 10.0. The van der Waals surface area contributed by atoms with Crippen LogP contribution in [0.5, 0.6) is 0 Å². The standard InChI is InChI=1S/C28H32ClN11O7S2/c1-13(25(43)44)47-36-18(17-21(29)49-27(30)35-17)22(41)34-19-23(42)40-20(26(45)46)14(11-48-24(19)40)9-38-7-5-16-15(10-38)33-28(32-12-37(3)4)39(16)8-6-31-2/h5,7,10,12-13,19,24,31H,6,8-9,11H2,1-4H3,(H4-,30,34,35,41,43,44,45,46)/b32-12?,36-18-/t13-,19?,24?/m0/s1. The second kappa shape index (κ2) is 14.8. The highest BCUT2D eigenvalue weighted by Gasteiger charge is 2.53. The Labute approximate surface area is 292 Å². The number of aromatic nitrogens is 4. The molecule has 0 aromatic carbocycles. The third-order valence-electron chi connectivity index (χ3n) is 7.31. The van der Waals surface area contributed by atoms with Crippen LogP contribution in [0.1, 0.15) is 12.6 Å². The molecule has 260 valence electrons. The molecule has 0 spiro atoms. The minimum Gasteiger partial charge on any atom is -0.543 e. The van der Waals surface area contributed by atoms with Crippen LogP contribution < -0.4 is 26.0 Å². The van der Waals surface area contributed by atoms with Crippen LogP contribution in [0, 0.1) is 0 Å². The molecule has 0 saturated carbocycles. The number of likely N-dealkylation sites (N-methyl/N-ethyl adjacent to an activating group) is 1. The van der Waals surface area contributed by atoms with E-state index in [9.17, 15) is 24.3 Å². The van der Waals surface area contributed by atoms with E-state index < -0.39 is 47.0 Å². The topological polar surface area (TPSA) is 237 Å². The van der Waals surface area contributed by atoms with E-state index >= 15 is 0 Å². The van der Waals surface area contributed by atoms with Crippen molar-refractivity contribution >= 4 is 92.6 Å². The number of nitrogen functional groups attached to an aromatic ring is 1. The largest absolute Gasteiger partial charge is 0.543 e. The predicted octanol–water partition coefficient (Wildman–Crippen LogP) is -1.25. The summed E-state index contributed by atoms with van der Waals surface area (Å²) in [4.78, 5) is 71.3. The van der Waals surface area contributed by atoms with Gasteiger partial charge in [0.2, 0.25) is 12.1 Å². The summed E-state index contributed by atoms with van der Waals surface area (Å²) in [5, 5.41) is 30.1. The first-order valence-corrected chi connectivity index (χ1v) is 16.9. The van der Waals surface area contributed by atoms with Crippen molar-refractivity contribution in [2.45, 2.75) is 37.5 Å². The minimum absolute atomic E-state index is 0.00853. The number of hydrogen-bond acceptors (Lipinski definition) is 14.